The molecule has 0 aliphatic heterocycles. The van der Waals surface area contributed by atoms with Crippen LogP contribution in [0.2, 0.25) is 0 Å². The van der Waals surface area contributed by atoms with Crippen molar-refractivity contribution in [3.63, 3.8) is 0 Å². The molecule has 0 N–H and O–H groups in total. The first-order chi connectivity index (χ1) is 8.63. The summed E-state index contributed by atoms with van der Waals surface area (Å²) in [6, 6.07) is 2.75. The van der Waals surface area contributed by atoms with E-state index in [1.807, 2.05) is 13.0 Å². The van der Waals surface area contributed by atoms with Gasteiger partial charge in [0.2, 0.25) is 0 Å². The highest BCUT2D eigenvalue weighted by molar-refractivity contribution is 5.77. The molecule has 0 spiro atoms. The summed E-state index contributed by atoms with van der Waals surface area (Å²) in [5.41, 5.74) is 3.12. The van der Waals surface area contributed by atoms with Crippen LogP contribution in [0.3, 0.4) is 0 Å². The van der Waals surface area contributed by atoms with Gasteiger partial charge in [-0.25, -0.2) is 0 Å². The van der Waals surface area contributed by atoms with Gasteiger partial charge in [0.15, 0.2) is 6.29 Å². The summed E-state index contributed by atoms with van der Waals surface area (Å²) in [6.07, 6.45) is 6.41. The fourth-order valence-corrected chi connectivity index (χ4v) is 3.08. The lowest BCUT2D eigenvalue weighted by molar-refractivity contribution is 0.112. The van der Waals surface area contributed by atoms with E-state index in [9.17, 15) is 4.79 Å². The number of nitrogens with zero attached hydrogens (tertiary/aromatic N) is 2. The Bertz CT molecular complexity index is 416. The van der Waals surface area contributed by atoms with Gasteiger partial charge in [-0.2, -0.15) is 0 Å². The lowest BCUT2D eigenvalue weighted by Crippen LogP contribution is -2.32. The van der Waals surface area contributed by atoms with E-state index in [1.165, 1.54) is 31.4 Å². The van der Waals surface area contributed by atoms with E-state index in [2.05, 4.69) is 23.4 Å². The SMILES string of the molecule is Cc1cc(C=O)c(C)n1CCN(C)C1CCCC1. The van der Waals surface area contributed by atoms with Gasteiger partial charge in [0.05, 0.1) is 0 Å². The molecule has 0 saturated heterocycles. The van der Waals surface area contributed by atoms with Gasteiger partial charge >= 0.3 is 0 Å². The van der Waals surface area contributed by atoms with Crippen molar-refractivity contribution in [2.75, 3.05) is 13.6 Å². The first-order valence-electron chi connectivity index (χ1n) is 6.95. The van der Waals surface area contributed by atoms with Gasteiger partial charge < -0.3 is 9.47 Å². The van der Waals surface area contributed by atoms with Crippen molar-refractivity contribution in [2.24, 2.45) is 0 Å². The molecule has 2 rings (SSSR count). The summed E-state index contributed by atoms with van der Waals surface area (Å²) in [6.45, 7) is 6.17. The molecule has 0 radical (unpaired) electrons. The molecule has 0 bridgehead atoms. The quantitative estimate of drug-likeness (QED) is 0.749. The van der Waals surface area contributed by atoms with Gasteiger partial charge in [-0.1, -0.05) is 12.8 Å². The van der Waals surface area contributed by atoms with Crippen LogP contribution in [-0.2, 0) is 6.54 Å². The highest BCUT2D eigenvalue weighted by atomic mass is 16.1. The molecular weight excluding hydrogens is 224 g/mol. The lowest BCUT2D eigenvalue weighted by Gasteiger charge is -2.24. The average Bonchev–Trinajstić information content (AvgIpc) is 2.96. The van der Waals surface area contributed by atoms with Crippen molar-refractivity contribution < 1.29 is 4.79 Å². The van der Waals surface area contributed by atoms with E-state index < -0.39 is 0 Å². The number of hydrogen-bond acceptors (Lipinski definition) is 2. The molecule has 100 valence electrons. The van der Waals surface area contributed by atoms with Crippen molar-refractivity contribution in [3.8, 4) is 0 Å². The van der Waals surface area contributed by atoms with E-state index in [-0.39, 0.29) is 0 Å². The van der Waals surface area contributed by atoms with Crippen molar-refractivity contribution in [1.82, 2.24) is 9.47 Å². The molecule has 1 aliphatic rings. The molecule has 3 nitrogen and oxygen atoms in total. The minimum Gasteiger partial charge on any atom is -0.347 e. The number of rotatable bonds is 5. The van der Waals surface area contributed by atoms with Crippen LogP contribution in [0.4, 0.5) is 0 Å². The second-order valence-electron chi connectivity index (χ2n) is 5.51. The van der Waals surface area contributed by atoms with E-state index in [0.29, 0.717) is 0 Å². The molecule has 1 saturated carbocycles. The molecule has 0 atom stereocenters. The summed E-state index contributed by atoms with van der Waals surface area (Å²) in [5.74, 6) is 0. The van der Waals surface area contributed by atoms with Crippen molar-refractivity contribution in [2.45, 2.75) is 52.1 Å². The maximum Gasteiger partial charge on any atom is 0.151 e. The first kappa shape index (κ1) is 13.3. The molecule has 3 heteroatoms. The Morgan fingerprint density at radius 3 is 2.61 bits per heavy atom. The molecular formula is C15H24N2O. The largest absolute Gasteiger partial charge is 0.347 e. The summed E-state index contributed by atoms with van der Waals surface area (Å²) in [5, 5.41) is 0. The lowest BCUT2D eigenvalue weighted by atomic mass is 10.2. The smallest absolute Gasteiger partial charge is 0.151 e. The van der Waals surface area contributed by atoms with Crippen molar-refractivity contribution in [3.05, 3.63) is 23.0 Å². The molecule has 0 unspecified atom stereocenters. The molecule has 0 aromatic carbocycles. The van der Waals surface area contributed by atoms with Crippen molar-refractivity contribution >= 4 is 6.29 Å². The summed E-state index contributed by atoms with van der Waals surface area (Å²) < 4.78 is 2.26. The second-order valence-corrected chi connectivity index (χ2v) is 5.51. The summed E-state index contributed by atoms with van der Waals surface area (Å²) >= 11 is 0. The minimum atomic E-state index is 0.770. The molecule has 1 aliphatic carbocycles. The normalized spacial score (nSPS) is 16.7. The Balaban J connectivity index is 1.97. The third-order valence-electron chi connectivity index (χ3n) is 4.36. The topological polar surface area (TPSA) is 25.2 Å². The van der Waals surface area contributed by atoms with Gasteiger partial charge in [-0.15, -0.1) is 0 Å². The van der Waals surface area contributed by atoms with E-state index in [4.69, 9.17) is 0 Å². The number of carbonyl (C=O) groups excluding carboxylic acids is 1. The van der Waals surface area contributed by atoms with Gasteiger partial charge in [0, 0.05) is 36.1 Å². The van der Waals surface area contributed by atoms with Crippen LogP contribution in [0.1, 0.15) is 47.4 Å². The fourth-order valence-electron chi connectivity index (χ4n) is 3.08. The summed E-state index contributed by atoms with van der Waals surface area (Å²) in [4.78, 5) is 13.4. The van der Waals surface area contributed by atoms with Crippen LogP contribution in [0.5, 0.6) is 0 Å². The van der Waals surface area contributed by atoms with Gasteiger partial charge in [-0.05, 0) is 39.8 Å². The fraction of sp³-hybridized carbons (Fsp3) is 0.667. The minimum absolute atomic E-state index is 0.770. The predicted octanol–water partition coefficient (Wildman–Crippen LogP) is 2.79. The Labute approximate surface area is 110 Å². The molecule has 1 aromatic heterocycles. The third kappa shape index (κ3) is 2.66. The van der Waals surface area contributed by atoms with Crippen LogP contribution >= 0.6 is 0 Å². The maximum absolute atomic E-state index is 10.9. The van der Waals surface area contributed by atoms with E-state index in [0.717, 1.165) is 36.7 Å². The zero-order valence-electron chi connectivity index (χ0n) is 11.8. The highest BCUT2D eigenvalue weighted by Crippen LogP contribution is 2.22. The Hall–Kier alpha value is -1.09. The molecule has 1 heterocycles. The van der Waals surface area contributed by atoms with Gasteiger partial charge in [0.1, 0.15) is 0 Å². The Kier molecular flexibility index (Phi) is 4.23. The van der Waals surface area contributed by atoms with E-state index >= 15 is 0 Å². The molecule has 0 amide bonds. The van der Waals surface area contributed by atoms with Crippen LogP contribution in [0.25, 0.3) is 0 Å². The number of likely N-dealkylation sites (N-methyl/N-ethyl adjacent to an activating group) is 1. The van der Waals surface area contributed by atoms with Gasteiger partial charge in [0.25, 0.3) is 0 Å². The second kappa shape index (κ2) is 5.70. The highest BCUT2D eigenvalue weighted by Gasteiger charge is 2.19. The molecule has 1 fully saturated rings. The molecule has 18 heavy (non-hydrogen) atoms. The summed E-state index contributed by atoms with van der Waals surface area (Å²) in [7, 11) is 2.23. The van der Waals surface area contributed by atoms with Crippen LogP contribution in [0, 0.1) is 13.8 Å². The first-order valence-corrected chi connectivity index (χ1v) is 6.95. The number of aromatic nitrogens is 1. The Morgan fingerprint density at radius 2 is 2.06 bits per heavy atom. The number of aryl methyl sites for hydroxylation is 1. The van der Waals surface area contributed by atoms with E-state index in [1.54, 1.807) is 0 Å². The zero-order valence-corrected chi connectivity index (χ0v) is 11.8. The molecule has 1 aromatic rings. The zero-order chi connectivity index (χ0) is 13.1. The monoisotopic (exact) mass is 248 g/mol. The van der Waals surface area contributed by atoms with Gasteiger partial charge in [-0.3, -0.25) is 4.79 Å². The van der Waals surface area contributed by atoms with Crippen molar-refractivity contribution in [1.29, 1.82) is 0 Å². The van der Waals surface area contributed by atoms with Crippen LogP contribution in [-0.4, -0.2) is 35.4 Å². The van der Waals surface area contributed by atoms with Crippen LogP contribution < -0.4 is 0 Å². The Morgan fingerprint density at radius 1 is 1.39 bits per heavy atom. The average molecular weight is 248 g/mol. The maximum atomic E-state index is 10.9. The number of aldehydes is 1. The van der Waals surface area contributed by atoms with Crippen LogP contribution in [0.15, 0.2) is 6.07 Å². The predicted molar refractivity (Wildman–Crippen MR) is 74.2 cm³/mol. The number of carbonyl (C=O) groups is 1. The standard InChI is InChI=1S/C15H24N2O/c1-12-10-14(11-18)13(2)17(12)9-8-16(3)15-6-4-5-7-15/h10-11,15H,4-9H2,1-3H3. The third-order valence-corrected chi connectivity index (χ3v) is 4.36. The number of hydrogen-bond donors (Lipinski definition) is 0.